The maximum Gasteiger partial charge on any atom is 0.251 e. The zero-order valence-corrected chi connectivity index (χ0v) is 15.8. The van der Waals surface area contributed by atoms with Gasteiger partial charge in [0.25, 0.3) is 5.91 Å². The molecule has 0 spiro atoms. The predicted molar refractivity (Wildman–Crippen MR) is 105 cm³/mol. The molecule has 0 radical (unpaired) electrons. The van der Waals surface area contributed by atoms with Crippen LogP contribution in [0.1, 0.15) is 41.8 Å². The van der Waals surface area contributed by atoms with Crippen molar-refractivity contribution in [3.8, 4) is 0 Å². The predicted octanol–water partition coefficient (Wildman–Crippen LogP) is 3.75. The monoisotopic (exact) mass is 366 g/mol. The van der Waals surface area contributed by atoms with Crippen molar-refractivity contribution in [2.45, 2.75) is 33.4 Å². The highest BCUT2D eigenvalue weighted by Crippen LogP contribution is 2.38. The van der Waals surface area contributed by atoms with Gasteiger partial charge in [-0.05, 0) is 48.6 Å². The van der Waals surface area contributed by atoms with Crippen LogP contribution in [0.4, 0.5) is 5.69 Å². The smallest absolute Gasteiger partial charge is 0.251 e. The molecule has 0 aliphatic heterocycles. The van der Waals surface area contributed by atoms with Crippen molar-refractivity contribution >= 4 is 17.5 Å². The van der Waals surface area contributed by atoms with Crippen LogP contribution in [0.3, 0.4) is 0 Å². The van der Waals surface area contributed by atoms with Gasteiger partial charge in [-0.15, -0.1) is 0 Å². The van der Waals surface area contributed by atoms with E-state index in [1.807, 2.05) is 31.2 Å². The van der Waals surface area contributed by atoms with Gasteiger partial charge in [0, 0.05) is 30.3 Å². The summed E-state index contributed by atoms with van der Waals surface area (Å²) >= 11 is 0. The van der Waals surface area contributed by atoms with E-state index in [0.717, 1.165) is 17.5 Å². The van der Waals surface area contributed by atoms with Gasteiger partial charge in [0.2, 0.25) is 5.91 Å². The molecule has 27 heavy (non-hydrogen) atoms. The fourth-order valence-corrected chi connectivity index (χ4v) is 3.02. The van der Waals surface area contributed by atoms with E-state index >= 15 is 0 Å². The highest BCUT2D eigenvalue weighted by molar-refractivity contribution is 5.98. The summed E-state index contributed by atoms with van der Waals surface area (Å²) in [4.78, 5) is 24.6. The molecule has 1 fully saturated rings. The highest BCUT2D eigenvalue weighted by atomic mass is 16.5. The number of amides is 2. The Labute approximate surface area is 160 Å². The van der Waals surface area contributed by atoms with E-state index in [4.69, 9.17) is 4.74 Å². The Morgan fingerprint density at radius 3 is 2.56 bits per heavy atom. The third kappa shape index (κ3) is 5.17. The highest BCUT2D eigenvalue weighted by Gasteiger charge is 2.39. The van der Waals surface area contributed by atoms with Crippen LogP contribution < -0.4 is 10.6 Å². The van der Waals surface area contributed by atoms with Crippen LogP contribution in [0.25, 0.3) is 0 Å². The second-order valence-electron chi connectivity index (χ2n) is 6.98. The molecule has 0 heterocycles. The van der Waals surface area contributed by atoms with E-state index in [1.54, 1.807) is 24.3 Å². The summed E-state index contributed by atoms with van der Waals surface area (Å²) in [5.74, 6) is 0.416. The van der Waals surface area contributed by atoms with E-state index in [-0.39, 0.29) is 17.7 Å². The van der Waals surface area contributed by atoms with Gasteiger partial charge in [0.1, 0.15) is 0 Å². The molecule has 142 valence electrons. The Kier molecular flexibility index (Phi) is 6.24. The van der Waals surface area contributed by atoms with Crippen molar-refractivity contribution in [2.24, 2.45) is 11.8 Å². The number of anilines is 1. The first kappa shape index (κ1) is 19.1. The summed E-state index contributed by atoms with van der Waals surface area (Å²) < 4.78 is 5.48. The second-order valence-corrected chi connectivity index (χ2v) is 6.98. The lowest BCUT2D eigenvalue weighted by Gasteiger charge is -2.11. The molecule has 1 aliphatic carbocycles. The minimum Gasteiger partial charge on any atom is -0.377 e. The van der Waals surface area contributed by atoms with Gasteiger partial charge in [-0.25, -0.2) is 0 Å². The summed E-state index contributed by atoms with van der Waals surface area (Å²) in [6.07, 6.45) is 0.938. The fourth-order valence-electron chi connectivity index (χ4n) is 3.02. The molecule has 1 saturated carbocycles. The van der Waals surface area contributed by atoms with Crippen LogP contribution in [0.2, 0.25) is 0 Å². The first-order valence-electron chi connectivity index (χ1n) is 9.42. The van der Waals surface area contributed by atoms with Crippen molar-refractivity contribution < 1.29 is 14.3 Å². The second kappa shape index (κ2) is 8.82. The van der Waals surface area contributed by atoms with Crippen molar-refractivity contribution in [2.75, 3.05) is 11.9 Å². The first-order valence-corrected chi connectivity index (χ1v) is 9.42. The zero-order valence-electron chi connectivity index (χ0n) is 15.8. The molecule has 0 saturated heterocycles. The third-order valence-electron chi connectivity index (χ3n) is 4.86. The van der Waals surface area contributed by atoms with Crippen molar-refractivity contribution in [1.82, 2.24) is 5.32 Å². The van der Waals surface area contributed by atoms with E-state index in [0.29, 0.717) is 36.9 Å². The maximum absolute atomic E-state index is 12.5. The Bertz CT molecular complexity index is 819. The Hall–Kier alpha value is -2.66. The van der Waals surface area contributed by atoms with Crippen LogP contribution in [0, 0.1) is 11.8 Å². The Morgan fingerprint density at radius 2 is 1.85 bits per heavy atom. The van der Waals surface area contributed by atoms with E-state index < -0.39 is 0 Å². The van der Waals surface area contributed by atoms with Gasteiger partial charge >= 0.3 is 0 Å². The largest absolute Gasteiger partial charge is 0.377 e. The van der Waals surface area contributed by atoms with Crippen LogP contribution in [0.5, 0.6) is 0 Å². The van der Waals surface area contributed by atoms with Gasteiger partial charge in [0.05, 0.1) is 6.61 Å². The van der Waals surface area contributed by atoms with Crippen LogP contribution in [0.15, 0.2) is 48.5 Å². The number of hydrogen-bond donors (Lipinski definition) is 2. The fraction of sp³-hybridized carbons (Fsp3) is 0.364. The average molecular weight is 366 g/mol. The quantitative estimate of drug-likeness (QED) is 0.748. The van der Waals surface area contributed by atoms with Gasteiger partial charge < -0.3 is 15.4 Å². The van der Waals surface area contributed by atoms with Crippen LogP contribution in [-0.4, -0.2) is 18.4 Å². The molecule has 5 heteroatoms. The molecule has 2 amide bonds. The number of nitrogens with one attached hydrogen (secondary N) is 2. The SMILES string of the molecule is CCOCc1ccccc1CNC(=O)c1cccc(NC(=O)[C@H]2C[C@H]2C)c1. The van der Waals surface area contributed by atoms with Crippen molar-refractivity contribution in [3.05, 3.63) is 65.2 Å². The van der Waals surface area contributed by atoms with Crippen molar-refractivity contribution in [1.29, 1.82) is 0 Å². The lowest BCUT2D eigenvalue weighted by atomic mass is 10.1. The summed E-state index contributed by atoms with van der Waals surface area (Å²) in [5.41, 5.74) is 3.29. The van der Waals surface area contributed by atoms with Crippen LogP contribution >= 0.6 is 0 Å². The molecule has 2 aromatic rings. The molecular formula is C22H26N2O3. The van der Waals surface area contributed by atoms with Gasteiger partial charge in [-0.2, -0.15) is 0 Å². The van der Waals surface area contributed by atoms with Crippen molar-refractivity contribution in [3.63, 3.8) is 0 Å². The van der Waals surface area contributed by atoms with E-state index in [9.17, 15) is 9.59 Å². The molecular weight excluding hydrogens is 340 g/mol. The molecule has 1 aliphatic rings. The summed E-state index contributed by atoms with van der Waals surface area (Å²) in [6.45, 7) is 5.64. The van der Waals surface area contributed by atoms with Gasteiger partial charge in [-0.3, -0.25) is 9.59 Å². The summed E-state index contributed by atoms with van der Waals surface area (Å²) in [7, 11) is 0. The molecule has 0 unspecified atom stereocenters. The molecule has 5 nitrogen and oxygen atoms in total. The van der Waals surface area contributed by atoms with Crippen LogP contribution in [-0.2, 0) is 22.7 Å². The maximum atomic E-state index is 12.5. The number of carbonyl (C=O) groups excluding carboxylic acids is 2. The summed E-state index contributed by atoms with van der Waals surface area (Å²) in [5, 5.41) is 5.85. The molecule has 0 bridgehead atoms. The molecule has 2 atom stereocenters. The Morgan fingerprint density at radius 1 is 1.11 bits per heavy atom. The minimum atomic E-state index is -0.169. The normalized spacial score (nSPS) is 18.0. The summed E-state index contributed by atoms with van der Waals surface area (Å²) in [6, 6.07) is 15.0. The number of hydrogen-bond acceptors (Lipinski definition) is 3. The molecule has 3 rings (SSSR count). The lowest BCUT2D eigenvalue weighted by molar-refractivity contribution is -0.117. The Balaban J connectivity index is 1.60. The number of rotatable bonds is 8. The first-order chi connectivity index (χ1) is 13.1. The topological polar surface area (TPSA) is 67.4 Å². The third-order valence-corrected chi connectivity index (χ3v) is 4.86. The zero-order chi connectivity index (χ0) is 19.2. The molecule has 2 aromatic carbocycles. The van der Waals surface area contributed by atoms with E-state index in [2.05, 4.69) is 17.6 Å². The average Bonchev–Trinajstić information content (AvgIpc) is 3.42. The molecule has 2 N–H and O–H groups in total. The lowest BCUT2D eigenvalue weighted by Crippen LogP contribution is -2.24. The number of carbonyl (C=O) groups is 2. The van der Waals surface area contributed by atoms with Gasteiger partial charge in [-0.1, -0.05) is 37.3 Å². The number of ether oxygens (including phenoxy) is 1. The molecule has 0 aromatic heterocycles. The number of benzene rings is 2. The van der Waals surface area contributed by atoms with Gasteiger partial charge in [0.15, 0.2) is 0 Å². The minimum absolute atomic E-state index is 0.0323. The van der Waals surface area contributed by atoms with E-state index in [1.165, 1.54) is 0 Å². The standard InChI is InChI=1S/C22H26N2O3/c1-3-27-14-18-8-5-4-7-17(18)13-23-21(25)16-9-6-10-19(12-16)24-22(26)20-11-15(20)2/h4-10,12,15,20H,3,11,13-14H2,1-2H3,(H,23,25)(H,24,26)/t15-,20+/m1/s1.